The number of halogens is 3. The van der Waals surface area contributed by atoms with Crippen LogP contribution in [0.25, 0.3) is 10.1 Å². The molecule has 0 bridgehead atoms. The second-order valence-corrected chi connectivity index (χ2v) is 12.3. The van der Waals surface area contributed by atoms with Gasteiger partial charge in [0.05, 0.1) is 12.2 Å². The number of carbonyl (C=O) groups excluding carboxylic acids is 2. The van der Waals surface area contributed by atoms with Crippen molar-refractivity contribution in [3.8, 4) is 0 Å². The summed E-state index contributed by atoms with van der Waals surface area (Å²) in [5.41, 5.74) is 4.08. The number of fused-ring (bicyclic) bond motifs is 2. The van der Waals surface area contributed by atoms with Crippen molar-refractivity contribution in [1.29, 1.82) is 0 Å². The number of carboxylic acid groups (broad SMARTS) is 1. The fourth-order valence-electron chi connectivity index (χ4n) is 6.31. The number of hydrogen-bond donors (Lipinski definition) is 1. The number of aromatic nitrogens is 2. The van der Waals surface area contributed by atoms with Crippen LogP contribution in [0, 0.1) is 0 Å². The number of nitrogens with zero attached hydrogens (tertiary/aromatic N) is 4. The Bertz CT molecular complexity index is 1480. The molecule has 1 N–H and O–H groups in total. The van der Waals surface area contributed by atoms with Gasteiger partial charge in [0.2, 0.25) is 5.91 Å². The van der Waals surface area contributed by atoms with Gasteiger partial charge >= 0.3 is 12.1 Å². The van der Waals surface area contributed by atoms with Gasteiger partial charge < -0.3 is 19.6 Å². The van der Waals surface area contributed by atoms with E-state index in [1.807, 2.05) is 39.7 Å². The van der Waals surface area contributed by atoms with E-state index in [4.69, 9.17) is 19.7 Å². The van der Waals surface area contributed by atoms with Crippen LogP contribution in [0.3, 0.4) is 0 Å². The Kier molecular flexibility index (Phi) is 9.12. The molecular formula is C30H35F3N4O5S. The summed E-state index contributed by atoms with van der Waals surface area (Å²) in [6.07, 6.45) is -0.329. The molecular weight excluding hydrogens is 585 g/mol. The second-order valence-electron chi connectivity index (χ2n) is 11.4. The number of likely N-dealkylation sites (tertiary alicyclic amines) is 1. The molecule has 2 atom stereocenters. The summed E-state index contributed by atoms with van der Waals surface area (Å²) in [6, 6.07) is 8.76. The summed E-state index contributed by atoms with van der Waals surface area (Å²) in [5.74, 6) is -2.18. The standard InChI is InChI=1S/C28H34N4O3S.C2HF3O2/c1-18-15-31(16-19(2)35-18)28(34)26-23-7-4-8-24(23)32(29-26)17-25(33)30-12-9-20(10-13-30)22-6-3-5-21-11-14-36-27(21)22;3-2(4,5)1(6)7/h3,5-6,11,14,18-20H,4,7-10,12-13,15-17H2,1-2H3;(H,6,7)/t18-,19+;. The number of amides is 2. The van der Waals surface area contributed by atoms with Crippen LogP contribution >= 0.6 is 11.3 Å². The number of rotatable bonds is 4. The van der Waals surface area contributed by atoms with Gasteiger partial charge in [0.1, 0.15) is 6.54 Å². The number of benzene rings is 1. The molecule has 2 saturated heterocycles. The van der Waals surface area contributed by atoms with Crippen LogP contribution in [0.4, 0.5) is 13.2 Å². The summed E-state index contributed by atoms with van der Waals surface area (Å²) >= 11 is 1.81. The van der Waals surface area contributed by atoms with Crippen molar-refractivity contribution in [1.82, 2.24) is 19.6 Å². The number of aliphatic carboxylic acids is 1. The lowest BCUT2D eigenvalue weighted by Crippen LogP contribution is -2.48. The van der Waals surface area contributed by atoms with Gasteiger partial charge in [-0.25, -0.2) is 4.79 Å². The molecule has 1 aromatic carbocycles. The second kappa shape index (κ2) is 12.7. The van der Waals surface area contributed by atoms with Crippen LogP contribution in [-0.2, 0) is 33.7 Å². The highest BCUT2D eigenvalue weighted by molar-refractivity contribution is 7.17. The molecule has 4 heterocycles. The van der Waals surface area contributed by atoms with Crippen molar-refractivity contribution in [3.63, 3.8) is 0 Å². The van der Waals surface area contributed by atoms with Crippen LogP contribution in [-0.4, -0.2) is 87.0 Å². The minimum atomic E-state index is -5.08. The molecule has 1 aliphatic carbocycles. The maximum Gasteiger partial charge on any atom is 0.490 e. The Balaban J connectivity index is 0.000000472. The third-order valence-electron chi connectivity index (χ3n) is 8.24. The first-order chi connectivity index (χ1) is 20.4. The fraction of sp³-hybridized carbons (Fsp3) is 0.533. The zero-order chi connectivity index (χ0) is 30.9. The van der Waals surface area contributed by atoms with E-state index in [0.29, 0.717) is 24.7 Å². The Morgan fingerprint density at radius 1 is 1.05 bits per heavy atom. The highest BCUT2D eigenvalue weighted by Gasteiger charge is 2.38. The summed E-state index contributed by atoms with van der Waals surface area (Å²) in [5, 5.41) is 15.3. The van der Waals surface area contributed by atoms with Crippen molar-refractivity contribution < 1.29 is 37.4 Å². The zero-order valence-electron chi connectivity index (χ0n) is 24.1. The molecule has 0 spiro atoms. The van der Waals surface area contributed by atoms with E-state index in [1.165, 1.54) is 15.6 Å². The molecule has 43 heavy (non-hydrogen) atoms. The highest BCUT2D eigenvalue weighted by atomic mass is 32.1. The molecule has 232 valence electrons. The van der Waals surface area contributed by atoms with Crippen LogP contribution in [0.2, 0.25) is 0 Å². The van der Waals surface area contributed by atoms with Crippen LogP contribution in [0.1, 0.15) is 66.3 Å². The monoisotopic (exact) mass is 620 g/mol. The van der Waals surface area contributed by atoms with E-state index in [0.717, 1.165) is 56.5 Å². The van der Waals surface area contributed by atoms with E-state index in [-0.39, 0.29) is 30.6 Å². The van der Waals surface area contributed by atoms with Gasteiger partial charge in [-0.15, -0.1) is 11.3 Å². The van der Waals surface area contributed by atoms with Gasteiger partial charge in [-0.2, -0.15) is 18.3 Å². The first-order valence-electron chi connectivity index (χ1n) is 14.5. The van der Waals surface area contributed by atoms with Crippen LogP contribution in [0.15, 0.2) is 29.6 Å². The highest BCUT2D eigenvalue weighted by Crippen LogP contribution is 2.36. The Hall–Kier alpha value is -3.45. The number of morpholine rings is 1. The molecule has 9 nitrogen and oxygen atoms in total. The summed E-state index contributed by atoms with van der Waals surface area (Å²) in [4.78, 5) is 39.4. The first-order valence-corrected chi connectivity index (χ1v) is 15.4. The molecule has 6 rings (SSSR count). The van der Waals surface area contributed by atoms with Crippen molar-refractivity contribution in [2.24, 2.45) is 0 Å². The number of carbonyl (C=O) groups is 3. The molecule has 0 unspecified atom stereocenters. The predicted molar refractivity (Wildman–Crippen MR) is 154 cm³/mol. The topological polar surface area (TPSA) is 105 Å². The van der Waals surface area contributed by atoms with Crippen LogP contribution in [0.5, 0.6) is 0 Å². The largest absolute Gasteiger partial charge is 0.490 e. The molecule has 2 aliphatic heterocycles. The Morgan fingerprint density at radius 3 is 2.37 bits per heavy atom. The maximum atomic E-state index is 13.4. The predicted octanol–water partition coefficient (Wildman–Crippen LogP) is 4.88. The summed E-state index contributed by atoms with van der Waals surface area (Å²) in [6.45, 7) is 6.92. The first kappa shape index (κ1) is 31.0. The Morgan fingerprint density at radius 2 is 1.72 bits per heavy atom. The lowest BCUT2D eigenvalue weighted by Gasteiger charge is -2.35. The fourth-order valence-corrected chi connectivity index (χ4v) is 7.30. The van der Waals surface area contributed by atoms with E-state index in [1.54, 1.807) is 0 Å². The number of alkyl halides is 3. The molecule has 13 heteroatoms. The smallest absolute Gasteiger partial charge is 0.475 e. The minimum absolute atomic E-state index is 0.0177. The minimum Gasteiger partial charge on any atom is -0.475 e. The zero-order valence-corrected chi connectivity index (χ0v) is 24.9. The molecule has 2 amide bonds. The van der Waals surface area contributed by atoms with Gasteiger partial charge in [0.15, 0.2) is 5.69 Å². The number of hydrogen-bond acceptors (Lipinski definition) is 6. The van der Waals surface area contributed by atoms with Gasteiger partial charge in [-0.1, -0.05) is 18.2 Å². The number of carboxylic acids is 1. The molecule has 0 radical (unpaired) electrons. The normalized spacial score (nSPS) is 21.0. The van der Waals surface area contributed by atoms with Gasteiger partial charge in [0, 0.05) is 42.1 Å². The SMILES string of the molecule is C[C@@H]1CN(C(=O)c2nn(CC(=O)N3CCC(c4cccc5ccsc45)CC3)c3c2CCC3)C[C@H](C)O1.O=C(O)C(F)(F)F. The molecule has 3 aliphatic rings. The quantitative estimate of drug-likeness (QED) is 0.446. The molecule has 3 aromatic rings. The summed E-state index contributed by atoms with van der Waals surface area (Å²) < 4.78 is 40.7. The van der Waals surface area contributed by atoms with E-state index in [9.17, 15) is 22.8 Å². The Labute approximate surface area is 251 Å². The third kappa shape index (κ3) is 6.87. The average Bonchev–Trinajstić information content (AvgIpc) is 3.70. The molecule has 2 aromatic heterocycles. The summed E-state index contributed by atoms with van der Waals surface area (Å²) in [7, 11) is 0. The molecule has 0 saturated carbocycles. The van der Waals surface area contributed by atoms with Crippen molar-refractivity contribution >= 4 is 39.2 Å². The van der Waals surface area contributed by atoms with E-state index >= 15 is 0 Å². The number of thiophene rings is 1. The number of piperidine rings is 1. The molecule has 2 fully saturated rings. The lowest BCUT2D eigenvalue weighted by atomic mass is 9.89. The van der Waals surface area contributed by atoms with E-state index in [2.05, 4.69) is 29.6 Å². The third-order valence-corrected chi connectivity index (χ3v) is 9.22. The van der Waals surface area contributed by atoms with Crippen LogP contribution < -0.4 is 0 Å². The van der Waals surface area contributed by atoms with Crippen molar-refractivity contribution in [2.75, 3.05) is 26.2 Å². The van der Waals surface area contributed by atoms with Gasteiger partial charge in [-0.3, -0.25) is 14.3 Å². The van der Waals surface area contributed by atoms with Crippen molar-refractivity contribution in [2.45, 2.75) is 76.8 Å². The lowest BCUT2D eigenvalue weighted by molar-refractivity contribution is -0.192. The maximum absolute atomic E-state index is 13.4. The van der Waals surface area contributed by atoms with Gasteiger partial charge in [0.25, 0.3) is 5.91 Å². The number of ether oxygens (including phenoxy) is 1. The van der Waals surface area contributed by atoms with Gasteiger partial charge in [-0.05, 0) is 74.3 Å². The van der Waals surface area contributed by atoms with Crippen molar-refractivity contribution in [3.05, 3.63) is 52.2 Å². The average molecular weight is 621 g/mol. The van der Waals surface area contributed by atoms with E-state index < -0.39 is 12.1 Å².